The van der Waals surface area contributed by atoms with Gasteiger partial charge in [-0.05, 0) is 30.5 Å². The Kier molecular flexibility index (Phi) is 5.21. The van der Waals surface area contributed by atoms with Gasteiger partial charge in [0.1, 0.15) is 5.03 Å². The Balaban J connectivity index is 1.98. The number of hydrogen-bond donors (Lipinski definition) is 1. The van der Waals surface area contributed by atoms with Crippen molar-refractivity contribution in [2.45, 2.75) is 31.0 Å². The van der Waals surface area contributed by atoms with Gasteiger partial charge in [0.2, 0.25) is 5.95 Å². The Hall–Kier alpha value is -1.55. The van der Waals surface area contributed by atoms with E-state index in [2.05, 4.69) is 53.4 Å². The van der Waals surface area contributed by atoms with Crippen molar-refractivity contribution in [1.82, 2.24) is 9.97 Å². The molecule has 1 N–H and O–H groups in total. The average molecular weight is 273 g/mol. The Morgan fingerprint density at radius 2 is 2.05 bits per heavy atom. The first-order valence-corrected chi connectivity index (χ1v) is 7.52. The molecular weight excluding hydrogens is 254 g/mol. The monoisotopic (exact) mass is 273 g/mol. The van der Waals surface area contributed by atoms with Gasteiger partial charge in [-0.3, -0.25) is 0 Å². The zero-order chi connectivity index (χ0) is 13.5. The number of nitrogens with one attached hydrogen (secondary N) is 1. The van der Waals surface area contributed by atoms with E-state index in [1.54, 1.807) is 11.8 Å². The first-order chi connectivity index (χ1) is 9.29. The third-order valence-electron chi connectivity index (χ3n) is 2.80. The van der Waals surface area contributed by atoms with Gasteiger partial charge in [0, 0.05) is 18.5 Å². The van der Waals surface area contributed by atoms with Crippen LogP contribution < -0.4 is 5.32 Å². The predicted octanol–water partition coefficient (Wildman–Crippen LogP) is 3.90. The second-order valence-electron chi connectivity index (χ2n) is 4.36. The van der Waals surface area contributed by atoms with Gasteiger partial charge in [-0.25, -0.2) is 9.97 Å². The molecule has 2 aromatic rings. The second-order valence-corrected chi connectivity index (χ2v) is 5.36. The SMILES string of the molecule is CCCNc1nccc(SCc2ccccc2C)n1. The zero-order valence-corrected chi connectivity index (χ0v) is 12.2. The first-order valence-electron chi connectivity index (χ1n) is 6.54. The molecule has 0 radical (unpaired) electrons. The average Bonchev–Trinajstić information content (AvgIpc) is 2.45. The van der Waals surface area contributed by atoms with Crippen LogP contribution in [0.3, 0.4) is 0 Å². The van der Waals surface area contributed by atoms with Gasteiger partial charge in [-0.1, -0.05) is 31.2 Å². The van der Waals surface area contributed by atoms with Crippen molar-refractivity contribution in [2.75, 3.05) is 11.9 Å². The summed E-state index contributed by atoms with van der Waals surface area (Å²) in [5, 5.41) is 4.22. The fraction of sp³-hybridized carbons (Fsp3) is 0.333. The highest BCUT2D eigenvalue weighted by Crippen LogP contribution is 2.22. The molecule has 1 aromatic heterocycles. The molecule has 3 nitrogen and oxygen atoms in total. The fourth-order valence-electron chi connectivity index (χ4n) is 1.67. The molecule has 1 heterocycles. The van der Waals surface area contributed by atoms with Crippen molar-refractivity contribution in [3.8, 4) is 0 Å². The third kappa shape index (κ3) is 4.24. The minimum absolute atomic E-state index is 0.719. The Morgan fingerprint density at radius 3 is 2.84 bits per heavy atom. The van der Waals surface area contributed by atoms with E-state index in [0.29, 0.717) is 0 Å². The number of anilines is 1. The number of aromatic nitrogens is 2. The van der Waals surface area contributed by atoms with Gasteiger partial charge in [-0.15, -0.1) is 11.8 Å². The number of nitrogens with zero attached hydrogens (tertiary/aromatic N) is 2. The molecule has 0 amide bonds. The van der Waals surface area contributed by atoms with Crippen molar-refractivity contribution >= 4 is 17.7 Å². The quantitative estimate of drug-likeness (QED) is 0.640. The highest BCUT2D eigenvalue weighted by molar-refractivity contribution is 7.98. The highest BCUT2D eigenvalue weighted by atomic mass is 32.2. The van der Waals surface area contributed by atoms with E-state index >= 15 is 0 Å². The lowest BCUT2D eigenvalue weighted by Gasteiger charge is -2.06. The standard InChI is InChI=1S/C15H19N3S/c1-3-9-16-15-17-10-8-14(18-15)19-11-13-7-5-4-6-12(13)2/h4-8,10H,3,9,11H2,1-2H3,(H,16,17,18). The summed E-state index contributed by atoms with van der Waals surface area (Å²) in [6, 6.07) is 10.4. The highest BCUT2D eigenvalue weighted by Gasteiger charge is 2.02. The van der Waals surface area contributed by atoms with Crippen LogP contribution in [0.15, 0.2) is 41.6 Å². The van der Waals surface area contributed by atoms with E-state index in [4.69, 9.17) is 0 Å². The van der Waals surface area contributed by atoms with Gasteiger partial charge < -0.3 is 5.32 Å². The van der Waals surface area contributed by atoms with Crippen molar-refractivity contribution in [2.24, 2.45) is 0 Å². The van der Waals surface area contributed by atoms with Crippen molar-refractivity contribution in [3.05, 3.63) is 47.7 Å². The zero-order valence-electron chi connectivity index (χ0n) is 11.4. The van der Waals surface area contributed by atoms with E-state index in [1.807, 2.05) is 12.3 Å². The Labute approximate surface area is 118 Å². The number of benzene rings is 1. The van der Waals surface area contributed by atoms with Crippen molar-refractivity contribution < 1.29 is 0 Å². The maximum Gasteiger partial charge on any atom is 0.223 e. The smallest absolute Gasteiger partial charge is 0.223 e. The molecule has 0 saturated heterocycles. The lowest BCUT2D eigenvalue weighted by atomic mass is 10.1. The second kappa shape index (κ2) is 7.14. The molecule has 0 atom stereocenters. The normalized spacial score (nSPS) is 10.4. The minimum atomic E-state index is 0.719. The van der Waals surface area contributed by atoms with Crippen LogP contribution in [-0.2, 0) is 5.75 Å². The summed E-state index contributed by atoms with van der Waals surface area (Å²) in [4.78, 5) is 8.71. The van der Waals surface area contributed by atoms with E-state index in [-0.39, 0.29) is 0 Å². The Bertz CT molecular complexity index is 528. The summed E-state index contributed by atoms with van der Waals surface area (Å²) in [6.07, 6.45) is 2.88. The summed E-state index contributed by atoms with van der Waals surface area (Å²) in [5.74, 6) is 1.66. The molecule has 0 fully saturated rings. The molecule has 0 aliphatic heterocycles. The molecule has 0 saturated carbocycles. The van der Waals surface area contributed by atoms with Crippen LogP contribution in [0.25, 0.3) is 0 Å². The summed E-state index contributed by atoms with van der Waals surface area (Å²) in [6.45, 7) is 5.18. The molecule has 19 heavy (non-hydrogen) atoms. The molecule has 2 rings (SSSR count). The lowest BCUT2D eigenvalue weighted by molar-refractivity contribution is 0.935. The molecule has 0 spiro atoms. The molecule has 0 bridgehead atoms. The van der Waals surface area contributed by atoms with Gasteiger partial charge in [0.15, 0.2) is 0 Å². The molecule has 4 heteroatoms. The van der Waals surface area contributed by atoms with Crippen LogP contribution in [-0.4, -0.2) is 16.5 Å². The van der Waals surface area contributed by atoms with Crippen LogP contribution in [0.5, 0.6) is 0 Å². The van der Waals surface area contributed by atoms with Crippen LogP contribution in [0.4, 0.5) is 5.95 Å². The van der Waals surface area contributed by atoms with Gasteiger partial charge in [0.25, 0.3) is 0 Å². The first kappa shape index (κ1) is 13.9. The number of rotatable bonds is 6. The van der Waals surface area contributed by atoms with E-state index in [1.165, 1.54) is 11.1 Å². The van der Waals surface area contributed by atoms with E-state index in [9.17, 15) is 0 Å². The third-order valence-corrected chi connectivity index (χ3v) is 3.78. The molecule has 100 valence electrons. The van der Waals surface area contributed by atoms with Crippen LogP contribution in [0.2, 0.25) is 0 Å². The van der Waals surface area contributed by atoms with Gasteiger partial charge in [0.05, 0.1) is 0 Å². The largest absolute Gasteiger partial charge is 0.354 e. The molecule has 0 aliphatic rings. The number of aryl methyl sites for hydroxylation is 1. The fourth-order valence-corrected chi connectivity index (χ4v) is 2.60. The van der Waals surface area contributed by atoms with E-state index in [0.717, 1.165) is 29.7 Å². The molecule has 0 unspecified atom stereocenters. The summed E-state index contributed by atoms with van der Waals surface area (Å²) >= 11 is 1.74. The molecule has 1 aromatic carbocycles. The van der Waals surface area contributed by atoms with Crippen molar-refractivity contribution in [3.63, 3.8) is 0 Å². The topological polar surface area (TPSA) is 37.8 Å². The van der Waals surface area contributed by atoms with Crippen LogP contribution >= 0.6 is 11.8 Å². The van der Waals surface area contributed by atoms with Crippen LogP contribution in [0.1, 0.15) is 24.5 Å². The molecular formula is C15H19N3S. The summed E-state index contributed by atoms with van der Waals surface area (Å²) in [5.41, 5.74) is 2.68. The number of hydrogen-bond acceptors (Lipinski definition) is 4. The van der Waals surface area contributed by atoms with E-state index < -0.39 is 0 Å². The lowest BCUT2D eigenvalue weighted by Crippen LogP contribution is -2.04. The predicted molar refractivity (Wildman–Crippen MR) is 81.6 cm³/mol. The van der Waals surface area contributed by atoms with Crippen molar-refractivity contribution in [1.29, 1.82) is 0 Å². The van der Waals surface area contributed by atoms with Crippen LogP contribution in [0, 0.1) is 6.92 Å². The number of thioether (sulfide) groups is 1. The van der Waals surface area contributed by atoms with Gasteiger partial charge in [-0.2, -0.15) is 0 Å². The summed E-state index contributed by atoms with van der Waals surface area (Å²) < 4.78 is 0. The summed E-state index contributed by atoms with van der Waals surface area (Å²) in [7, 11) is 0. The Morgan fingerprint density at radius 1 is 1.21 bits per heavy atom. The maximum absolute atomic E-state index is 4.50. The minimum Gasteiger partial charge on any atom is -0.354 e. The van der Waals surface area contributed by atoms with Gasteiger partial charge >= 0.3 is 0 Å². The maximum atomic E-state index is 4.50. The molecule has 0 aliphatic carbocycles.